The molecule has 0 fully saturated rings. The Hall–Kier alpha value is -0.510. The summed E-state index contributed by atoms with van der Waals surface area (Å²) < 4.78 is 6.37. The molecule has 1 aromatic rings. The monoisotopic (exact) mass is 290 g/mol. The van der Waals surface area contributed by atoms with E-state index in [4.69, 9.17) is 16.3 Å². The van der Waals surface area contributed by atoms with Gasteiger partial charge in [0.1, 0.15) is 12.4 Å². The van der Waals surface area contributed by atoms with Crippen molar-refractivity contribution >= 4 is 27.5 Å². The molecule has 2 nitrogen and oxygen atoms in total. The van der Waals surface area contributed by atoms with Gasteiger partial charge in [-0.25, -0.2) is 0 Å². The van der Waals surface area contributed by atoms with E-state index in [1.54, 1.807) is 13.0 Å². The molecular weight excluding hydrogens is 279 g/mol. The zero-order chi connectivity index (χ0) is 11.3. The van der Waals surface area contributed by atoms with Gasteiger partial charge in [-0.2, -0.15) is 0 Å². The average molecular weight is 292 g/mol. The Kier molecular flexibility index (Phi) is 5.15. The average Bonchev–Trinajstić information content (AvgIpc) is 2.18. The van der Waals surface area contributed by atoms with Crippen LogP contribution in [0.1, 0.15) is 18.6 Å². The van der Waals surface area contributed by atoms with E-state index in [0.717, 1.165) is 10.0 Å². The first-order chi connectivity index (χ1) is 7.15. The third-order valence-electron chi connectivity index (χ3n) is 1.85. The first kappa shape index (κ1) is 12.6. The van der Waals surface area contributed by atoms with Crippen LogP contribution in [-0.4, -0.2) is 11.7 Å². The topological polar surface area (TPSA) is 29.5 Å². The molecule has 0 radical (unpaired) electrons. The maximum atomic E-state index is 9.51. The molecule has 0 aromatic heterocycles. The van der Waals surface area contributed by atoms with Crippen molar-refractivity contribution in [1.29, 1.82) is 0 Å². The van der Waals surface area contributed by atoms with Gasteiger partial charge in [0.05, 0.1) is 6.10 Å². The molecule has 0 heterocycles. The number of rotatable bonds is 4. The second kappa shape index (κ2) is 6.16. The fourth-order valence-electron chi connectivity index (χ4n) is 1.15. The van der Waals surface area contributed by atoms with Crippen molar-refractivity contribution in [3.8, 4) is 5.75 Å². The second-order valence-corrected chi connectivity index (χ2v) is 4.20. The SMILES string of the molecule is C[C@H](O)c1ccc(Br)cc1OC/C=C/Cl. The summed E-state index contributed by atoms with van der Waals surface area (Å²) in [5.41, 5.74) is 2.17. The van der Waals surface area contributed by atoms with Gasteiger partial charge in [0, 0.05) is 15.6 Å². The third-order valence-corrected chi connectivity index (χ3v) is 2.52. The first-order valence-corrected chi connectivity index (χ1v) is 5.73. The lowest BCUT2D eigenvalue weighted by molar-refractivity contribution is 0.193. The number of hydrogen-bond donors (Lipinski definition) is 1. The fourth-order valence-corrected chi connectivity index (χ4v) is 1.57. The minimum absolute atomic E-state index is 0.389. The summed E-state index contributed by atoms with van der Waals surface area (Å²) in [5, 5.41) is 9.51. The van der Waals surface area contributed by atoms with Gasteiger partial charge in [-0.05, 0) is 25.1 Å². The third kappa shape index (κ3) is 3.86. The molecule has 0 unspecified atom stereocenters. The van der Waals surface area contributed by atoms with Crippen molar-refractivity contribution in [2.24, 2.45) is 0 Å². The van der Waals surface area contributed by atoms with Crippen molar-refractivity contribution in [1.82, 2.24) is 0 Å². The van der Waals surface area contributed by atoms with Crippen LogP contribution in [0.3, 0.4) is 0 Å². The number of hydrogen-bond acceptors (Lipinski definition) is 2. The van der Waals surface area contributed by atoms with Crippen LogP contribution in [0.4, 0.5) is 0 Å². The Morgan fingerprint density at radius 3 is 2.93 bits per heavy atom. The van der Waals surface area contributed by atoms with E-state index in [9.17, 15) is 5.11 Å². The van der Waals surface area contributed by atoms with Gasteiger partial charge in [0.15, 0.2) is 0 Å². The maximum absolute atomic E-state index is 9.51. The number of ether oxygens (including phenoxy) is 1. The van der Waals surface area contributed by atoms with Crippen LogP contribution in [0.5, 0.6) is 5.75 Å². The smallest absolute Gasteiger partial charge is 0.126 e. The predicted molar refractivity (Wildman–Crippen MR) is 65.3 cm³/mol. The summed E-state index contributed by atoms with van der Waals surface area (Å²) in [5.74, 6) is 0.661. The summed E-state index contributed by atoms with van der Waals surface area (Å²) in [7, 11) is 0. The van der Waals surface area contributed by atoms with Crippen LogP contribution in [0.15, 0.2) is 34.3 Å². The maximum Gasteiger partial charge on any atom is 0.126 e. The van der Waals surface area contributed by atoms with Gasteiger partial charge in [0.2, 0.25) is 0 Å². The molecule has 0 saturated carbocycles. The van der Waals surface area contributed by atoms with Gasteiger partial charge in [-0.15, -0.1) is 0 Å². The molecule has 0 saturated heterocycles. The van der Waals surface area contributed by atoms with E-state index in [0.29, 0.717) is 12.4 Å². The quantitative estimate of drug-likeness (QED) is 0.918. The van der Waals surface area contributed by atoms with E-state index in [1.807, 2.05) is 18.2 Å². The Bertz CT molecular complexity index is 350. The summed E-state index contributed by atoms with van der Waals surface area (Å²) >= 11 is 8.73. The highest BCUT2D eigenvalue weighted by molar-refractivity contribution is 9.10. The number of halogens is 2. The molecular formula is C11H12BrClO2. The predicted octanol–water partition coefficient (Wildman–Crippen LogP) is 3.63. The molecule has 0 aliphatic rings. The minimum Gasteiger partial charge on any atom is -0.489 e. The first-order valence-electron chi connectivity index (χ1n) is 4.50. The van der Waals surface area contributed by atoms with Crippen molar-refractivity contribution in [2.45, 2.75) is 13.0 Å². The molecule has 1 rings (SSSR count). The molecule has 0 aliphatic heterocycles. The summed E-state index contributed by atoms with van der Waals surface area (Å²) in [6, 6.07) is 5.52. The van der Waals surface area contributed by atoms with E-state index in [-0.39, 0.29) is 0 Å². The summed E-state index contributed by atoms with van der Waals surface area (Å²) in [6.45, 7) is 2.09. The van der Waals surface area contributed by atoms with E-state index in [1.165, 1.54) is 5.54 Å². The van der Waals surface area contributed by atoms with Crippen LogP contribution in [-0.2, 0) is 0 Å². The normalized spacial score (nSPS) is 13.1. The molecule has 4 heteroatoms. The molecule has 0 amide bonds. The lowest BCUT2D eigenvalue weighted by atomic mass is 10.1. The summed E-state index contributed by atoms with van der Waals surface area (Å²) in [4.78, 5) is 0. The largest absolute Gasteiger partial charge is 0.489 e. The van der Waals surface area contributed by atoms with Crippen LogP contribution in [0, 0.1) is 0 Å². The highest BCUT2D eigenvalue weighted by Gasteiger charge is 2.08. The molecule has 0 aliphatic carbocycles. The Balaban J connectivity index is 2.86. The van der Waals surface area contributed by atoms with Crippen LogP contribution in [0.2, 0.25) is 0 Å². The van der Waals surface area contributed by atoms with Crippen molar-refractivity contribution in [2.75, 3.05) is 6.61 Å². The van der Waals surface area contributed by atoms with Gasteiger partial charge in [-0.1, -0.05) is 33.6 Å². The number of aliphatic hydroxyl groups excluding tert-OH is 1. The lowest BCUT2D eigenvalue weighted by Gasteiger charge is -2.12. The second-order valence-electron chi connectivity index (χ2n) is 3.03. The molecule has 0 bridgehead atoms. The van der Waals surface area contributed by atoms with Crippen LogP contribution >= 0.6 is 27.5 Å². The number of benzene rings is 1. The molecule has 1 N–H and O–H groups in total. The standard InChI is InChI=1S/C11H12BrClO2/c1-8(14)10-4-3-9(12)7-11(10)15-6-2-5-13/h2-5,7-8,14H,6H2,1H3/b5-2+/t8-/m0/s1. The fraction of sp³-hybridized carbons (Fsp3) is 0.273. The van der Waals surface area contributed by atoms with Crippen molar-refractivity contribution in [3.05, 3.63) is 39.8 Å². The highest BCUT2D eigenvalue weighted by atomic mass is 79.9. The van der Waals surface area contributed by atoms with Gasteiger partial charge >= 0.3 is 0 Å². The van der Waals surface area contributed by atoms with Crippen LogP contribution in [0.25, 0.3) is 0 Å². The van der Waals surface area contributed by atoms with E-state index >= 15 is 0 Å². The Morgan fingerprint density at radius 2 is 2.33 bits per heavy atom. The molecule has 82 valence electrons. The van der Waals surface area contributed by atoms with Crippen LogP contribution < -0.4 is 4.74 Å². The van der Waals surface area contributed by atoms with Crippen molar-refractivity contribution in [3.63, 3.8) is 0 Å². The highest BCUT2D eigenvalue weighted by Crippen LogP contribution is 2.28. The minimum atomic E-state index is -0.548. The molecule has 1 aromatic carbocycles. The molecule has 0 spiro atoms. The van der Waals surface area contributed by atoms with Gasteiger partial charge in [0.25, 0.3) is 0 Å². The van der Waals surface area contributed by atoms with Gasteiger partial charge < -0.3 is 9.84 Å². The zero-order valence-electron chi connectivity index (χ0n) is 8.28. The number of aliphatic hydroxyl groups is 1. The van der Waals surface area contributed by atoms with E-state index in [2.05, 4.69) is 15.9 Å². The lowest BCUT2D eigenvalue weighted by Crippen LogP contribution is -2.00. The van der Waals surface area contributed by atoms with E-state index < -0.39 is 6.10 Å². The van der Waals surface area contributed by atoms with Crippen molar-refractivity contribution < 1.29 is 9.84 Å². The Morgan fingerprint density at radius 1 is 1.60 bits per heavy atom. The zero-order valence-corrected chi connectivity index (χ0v) is 10.6. The molecule has 1 atom stereocenters. The molecule has 15 heavy (non-hydrogen) atoms. The van der Waals surface area contributed by atoms with Gasteiger partial charge in [-0.3, -0.25) is 0 Å². The Labute approximate surface area is 103 Å². The summed E-state index contributed by atoms with van der Waals surface area (Å²) in [6.07, 6.45) is 1.14.